The van der Waals surface area contributed by atoms with Gasteiger partial charge in [-0.3, -0.25) is 14.2 Å². The average Bonchev–Trinajstić information content (AvgIpc) is 3.31. The summed E-state index contributed by atoms with van der Waals surface area (Å²) in [6.45, 7) is 0.928. The lowest BCUT2D eigenvalue weighted by molar-refractivity contribution is -0.137. The minimum Gasteiger partial charge on any atom is -0.328 e. The second kappa shape index (κ2) is 8.17. The van der Waals surface area contributed by atoms with Gasteiger partial charge in [-0.15, -0.1) is 0 Å². The van der Waals surface area contributed by atoms with E-state index in [4.69, 9.17) is 11.6 Å². The summed E-state index contributed by atoms with van der Waals surface area (Å²) >= 11 is 6.11. The van der Waals surface area contributed by atoms with Gasteiger partial charge in [-0.1, -0.05) is 11.6 Å². The molecule has 10 nitrogen and oxygen atoms in total. The van der Waals surface area contributed by atoms with Crippen LogP contribution in [-0.2, 0) is 31.6 Å². The topological polar surface area (TPSA) is 109 Å². The lowest BCUT2D eigenvalue weighted by atomic mass is 10.2. The van der Waals surface area contributed by atoms with E-state index in [1.54, 1.807) is 14.0 Å². The molecular weight excluding hydrogens is 479 g/mol. The van der Waals surface area contributed by atoms with Crippen molar-refractivity contribution in [2.45, 2.75) is 19.6 Å². The van der Waals surface area contributed by atoms with Gasteiger partial charge in [0.15, 0.2) is 11.2 Å². The van der Waals surface area contributed by atoms with E-state index in [2.05, 4.69) is 15.4 Å². The number of rotatable bonds is 4. The molecule has 4 rings (SSSR count). The van der Waals surface area contributed by atoms with E-state index >= 15 is 0 Å². The monoisotopic (exact) mass is 495 g/mol. The first-order chi connectivity index (χ1) is 15.9. The number of fused-ring (bicyclic) bond motifs is 1. The van der Waals surface area contributed by atoms with E-state index in [1.165, 1.54) is 24.0 Å². The molecule has 0 saturated heterocycles. The molecule has 0 spiro atoms. The van der Waals surface area contributed by atoms with Crippen LogP contribution in [0.2, 0.25) is 5.02 Å². The Morgan fingerprint density at radius 3 is 2.56 bits per heavy atom. The SMILES string of the molecule is Cc1cc(NC(=O)Cn2c(=O)c3c(ncn3C)n(C)c2=O)n(-c2cc(C(F)(F)F)ccc2Cl)n1. The molecule has 1 aromatic carbocycles. The summed E-state index contributed by atoms with van der Waals surface area (Å²) in [5.74, 6) is -0.764. The first-order valence-corrected chi connectivity index (χ1v) is 10.1. The molecule has 0 unspecified atom stereocenters. The van der Waals surface area contributed by atoms with Crippen LogP contribution in [-0.4, -0.2) is 34.4 Å². The van der Waals surface area contributed by atoms with Crippen molar-refractivity contribution in [2.75, 3.05) is 5.32 Å². The highest BCUT2D eigenvalue weighted by atomic mass is 35.5. The molecule has 14 heteroatoms. The highest BCUT2D eigenvalue weighted by Gasteiger charge is 2.31. The molecule has 3 aromatic heterocycles. The summed E-state index contributed by atoms with van der Waals surface area (Å²) in [7, 11) is 2.99. The number of carbonyl (C=O) groups is 1. The fourth-order valence-electron chi connectivity index (χ4n) is 3.49. The standard InChI is InChI=1S/C20H17ClF3N7O3/c1-10-6-14(31(27-10)13-7-11(20(22,23)24)4-5-12(13)21)26-15(32)8-30-18(33)16-17(25-9-28(16)2)29(3)19(30)34/h4-7,9H,8H2,1-3H3,(H,26,32). The zero-order valence-corrected chi connectivity index (χ0v) is 18.8. The summed E-state index contributed by atoms with van der Waals surface area (Å²) < 4.78 is 43.9. The minimum absolute atomic E-state index is 0.00945. The van der Waals surface area contributed by atoms with E-state index < -0.39 is 35.4 Å². The third-order valence-electron chi connectivity index (χ3n) is 5.10. The quantitative estimate of drug-likeness (QED) is 0.467. The zero-order chi connectivity index (χ0) is 24.9. The van der Waals surface area contributed by atoms with Gasteiger partial charge in [-0.05, 0) is 25.1 Å². The third-order valence-corrected chi connectivity index (χ3v) is 5.42. The number of aryl methyl sites for hydroxylation is 3. The number of amides is 1. The Balaban J connectivity index is 1.71. The molecule has 0 radical (unpaired) electrons. The van der Waals surface area contributed by atoms with Crippen molar-refractivity contribution in [2.24, 2.45) is 14.1 Å². The Hall–Kier alpha value is -3.87. The molecule has 178 valence electrons. The number of anilines is 1. The molecule has 0 bridgehead atoms. The second-order valence-electron chi connectivity index (χ2n) is 7.56. The van der Waals surface area contributed by atoms with Crippen LogP contribution < -0.4 is 16.6 Å². The van der Waals surface area contributed by atoms with Crippen LogP contribution in [0.5, 0.6) is 0 Å². The predicted molar refractivity (Wildman–Crippen MR) is 117 cm³/mol. The van der Waals surface area contributed by atoms with Crippen LogP contribution in [0.1, 0.15) is 11.3 Å². The second-order valence-corrected chi connectivity index (χ2v) is 7.96. The molecule has 0 saturated carbocycles. The molecule has 0 aliphatic heterocycles. The number of alkyl halides is 3. The van der Waals surface area contributed by atoms with Crippen molar-refractivity contribution in [3.05, 3.63) is 67.7 Å². The van der Waals surface area contributed by atoms with Crippen LogP contribution in [0, 0.1) is 6.92 Å². The summed E-state index contributed by atoms with van der Waals surface area (Å²) in [5.41, 5.74) is -1.83. The number of hydrogen-bond donors (Lipinski definition) is 1. The van der Waals surface area contributed by atoms with Gasteiger partial charge in [0, 0.05) is 20.2 Å². The smallest absolute Gasteiger partial charge is 0.328 e. The van der Waals surface area contributed by atoms with Crippen LogP contribution in [0.15, 0.2) is 40.2 Å². The molecule has 0 fully saturated rings. The van der Waals surface area contributed by atoms with Crippen molar-refractivity contribution in [1.29, 1.82) is 0 Å². The number of imidazole rings is 1. The molecule has 0 atom stereocenters. The minimum atomic E-state index is -4.61. The largest absolute Gasteiger partial charge is 0.416 e. The van der Waals surface area contributed by atoms with E-state index in [9.17, 15) is 27.6 Å². The predicted octanol–water partition coefficient (Wildman–Crippen LogP) is 2.24. The van der Waals surface area contributed by atoms with Crippen LogP contribution in [0.3, 0.4) is 0 Å². The molecule has 1 N–H and O–H groups in total. The van der Waals surface area contributed by atoms with Crippen molar-refractivity contribution >= 4 is 34.5 Å². The summed E-state index contributed by atoms with van der Waals surface area (Å²) in [6.07, 6.45) is -3.24. The lowest BCUT2D eigenvalue weighted by Crippen LogP contribution is -2.42. The molecule has 3 heterocycles. The van der Waals surface area contributed by atoms with Gasteiger partial charge in [0.1, 0.15) is 12.4 Å². The Labute approximate surface area is 193 Å². The van der Waals surface area contributed by atoms with Gasteiger partial charge in [0.25, 0.3) is 5.56 Å². The molecule has 34 heavy (non-hydrogen) atoms. The van der Waals surface area contributed by atoms with Gasteiger partial charge < -0.3 is 9.88 Å². The van der Waals surface area contributed by atoms with E-state index in [0.29, 0.717) is 5.69 Å². The number of halogens is 4. The Bertz CT molecular complexity index is 1560. The summed E-state index contributed by atoms with van der Waals surface area (Å²) in [6, 6.07) is 4.13. The highest BCUT2D eigenvalue weighted by molar-refractivity contribution is 6.32. The molecule has 0 aliphatic rings. The van der Waals surface area contributed by atoms with Crippen molar-refractivity contribution in [3.63, 3.8) is 0 Å². The van der Waals surface area contributed by atoms with Gasteiger partial charge >= 0.3 is 11.9 Å². The van der Waals surface area contributed by atoms with E-state index in [1.807, 2.05) is 0 Å². The number of hydrogen-bond acceptors (Lipinski definition) is 5. The number of carbonyl (C=O) groups excluding carboxylic acids is 1. The van der Waals surface area contributed by atoms with Crippen molar-refractivity contribution in [1.82, 2.24) is 28.5 Å². The number of nitrogens with zero attached hydrogens (tertiary/aromatic N) is 6. The highest BCUT2D eigenvalue weighted by Crippen LogP contribution is 2.34. The first-order valence-electron chi connectivity index (χ1n) is 9.73. The molecule has 0 aliphatic carbocycles. The van der Waals surface area contributed by atoms with Crippen molar-refractivity contribution < 1.29 is 18.0 Å². The lowest BCUT2D eigenvalue weighted by Gasteiger charge is -2.14. The average molecular weight is 496 g/mol. The van der Waals surface area contributed by atoms with Crippen LogP contribution >= 0.6 is 11.6 Å². The van der Waals surface area contributed by atoms with Gasteiger partial charge in [-0.25, -0.2) is 19.0 Å². The van der Waals surface area contributed by atoms with Crippen LogP contribution in [0.25, 0.3) is 16.9 Å². The van der Waals surface area contributed by atoms with Gasteiger partial charge in [0.2, 0.25) is 5.91 Å². The third kappa shape index (κ3) is 3.98. The summed E-state index contributed by atoms with van der Waals surface area (Å²) in [4.78, 5) is 42.2. The number of aromatic nitrogens is 6. The van der Waals surface area contributed by atoms with Gasteiger partial charge in [-0.2, -0.15) is 18.3 Å². The maximum Gasteiger partial charge on any atom is 0.416 e. The summed E-state index contributed by atoms with van der Waals surface area (Å²) in [5, 5.41) is 6.58. The first kappa shape index (κ1) is 23.3. The Morgan fingerprint density at radius 2 is 1.88 bits per heavy atom. The number of benzene rings is 1. The number of nitrogens with one attached hydrogen (secondary N) is 1. The molecule has 4 aromatic rings. The maximum atomic E-state index is 13.2. The fourth-order valence-corrected chi connectivity index (χ4v) is 3.68. The molecular formula is C20H17ClF3N7O3. The Kier molecular flexibility index (Phi) is 5.59. The Morgan fingerprint density at radius 1 is 1.18 bits per heavy atom. The van der Waals surface area contributed by atoms with E-state index in [0.717, 1.165) is 32.0 Å². The van der Waals surface area contributed by atoms with Crippen molar-refractivity contribution in [3.8, 4) is 5.69 Å². The maximum absolute atomic E-state index is 13.2. The van der Waals surface area contributed by atoms with E-state index in [-0.39, 0.29) is 27.7 Å². The normalized spacial score (nSPS) is 11.9. The fraction of sp³-hybridized carbons (Fsp3) is 0.250. The van der Waals surface area contributed by atoms with Gasteiger partial charge in [0.05, 0.1) is 28.3 Å². The van der Waals surface area contributed by atoms with Crippen LogP contribution in [0.4, 0.5) is 19.0 Å². The zero-order valence-electron chi connectivity index (χ0n) is 18.0. The molecule has 1 amide bonds.